The number of aryl methyl sites for hydroxylation is 1. The number of carbonyl (C=O) groups is 1. The van der Waals surface area contributed by atoms with Gasteiger partial charge in [0.1, 0.15) is 23.4 Å². The van der Waals surface area contributed by atoms with Gasteiger partial charge in [-0.25, -0.2) is 18.9 Å². The molecule has 0 saturated carbocycles. The van der Waals surface area contributed by atoms with E-state index in [2.05, 4.69) is 37.5 Å². The lowest BCUT2D eigenvalue weighted by molar-refractivity contribution is -0.115. The molecule has 3 N–H and O–H groups in total. The Labute approximate surface area is 218 Å². The number of aliphatic hydroxyl groups is 1. The molecule has 10 nitrogen and oxygen atoms in total. The highest BCUT2D eigenvalue weighted by Crippen LogP contribution is 2.31. The summed E-state index contributed by atoms with van der Waals surface area (Å²) in [6.45, 7) is 7.11. The van der Waals surface area contributed by atoms with Gasteiger partial charge in [0, 0.05) is 35.4 Å². The standard InChI is InChI=1S/C25H30FN7O3S/c1-3-32(9-10-34)8-5-11-36-21-15-33-23(17(21)2)24(28-16-29-33)31-25-27-14-20(37-25)13-22(35)30-19-7-4-6-18(26)12-19/h4,6-7,12,14-16,34H,3,5,8-11,13H2,1-2H3,(H,30,35)(H,27,28,29,31). The van der Waals surface area contributed by atoms with Gasteiger partial charge in [0.2, 0.25) is 5.91 Å². The Hall–Kier alpha value is -3.61. The van der Waals surface area contributed by atoms with E-state index in [1.54, 1.807) is 22.8 Å². The molecule has 12 heteroatoms. The van der Waals surface area contributed by atoms with E-state index >= 15 is 0 Å². The van der Waals surface area contributed by atoms with Crippen molar-refractivity contribution in [3.8, 4) is 5.75 Å². The van der Waals surface area contributed by atoms with Gasteiger partial charge in [0.25, 0.3) is 0 Å². The van der Waals surface area contributed by atoms with Gasteiger partial charge in [-0.15, -0.1) is 11.3 Å². The zero-order valence-corrected chi connectivity index (χ0v) is 21.6. The molecule has 196 valence electrons. The second-order valence-electron chi connectivity index (χ2n) is 8.37. The van der Waals surface area contributed by atoms with Crippen molar-refractivity contribution in [2.75, 3.05) is 43.5 Å². The number of halogens is 1. The third-order valence-electron chi connectivity index (χ3n) is 5.74. The maximum Gasteiger partial charge on any atom is 0.229 e. The molecule has 0 atom stereocenters. The molecule has 0 fully saturated rings. The minimum atomic E-state index is -0.409. The predicted octanol–water partition coefficient (Wildman–Crippen LogP) is 3.64. The molecule has 0 unspecified atom stereocenters. The van der Waals surface area contributed by atoms with Gasteiger partial charge < -0.3 is 25.4 Å². The van der Waals surface area contributed by atoms with Gasteiger partial charge in [-0.05, 0) is 38.1 Å². The first-order valence-electron chi connectivity index (χ1n) is 12.0. The summed E-state index contributed by atoms with van der Waals surface area (Å²) in [6.07, 6.45) is 5.86. The second-order valence-corrected chi connectivity index (χ2v) is 9.49. The lowest BCUT2D eigenvalue weighted by Gasteiger charge is -2.18. The molecule has 0 spiro atoms. The molecule has 37 heavy (non-hydrogen) atoms. The first kappa shape index (κ1) is 26.5. The Balaban J connectivity index is 1.38. The lowest BCUT2D eigenvalue weighted by atomic mass is 10.3. The smallest absolute Gasteiger partial charge is 0.229 e. The zero-order chi connectivity index (χ0) is 26.2. The molecule has 3 aromatic heterocycles. The monoisotopic (exact) mass is 527 g/mol. The third-order valence-corrected chi connectivity index (χ3v) is 6.66. The Kier molecular flexibility index (Phi) is 8.99. The lowest BCUT2D eigenvalue weighted by Crippen LogP contribution is -2.28. The fourth-order valence-corrected chi connectivity index (χ4v) is 4.70. The highest BCUT2D eigenvalue weighted by Gasteiger charge is 2.16. The Morgan fingerprint density at radius 2 is 2.16 bits per heavy atom. The molecule has 0 radical (unpaired) electrons. The van der Waals surface area contributed by atoms with Gasteiger partial charge in [-0.1, -0.05) is 13.0 Å². The van der Waals surface area contributed by atoms with Crippen LogP contribution in [-0.4, -0.2) is 68.3 Å². The van der Waals surface area contributed by atoms with Crippen LogP contribution in [0, 0.1) is 12.7 Å². The fraction of sp³-hybridized carbons (Fsp3) is 0.360. The minimum Gasteiger partial charge on any atom is -0.492 e. The van der Waals surface area contributed by atoms with Crippen LogP contribution in [0.5, 0.6) is 5.75 Å². The van der Waals surface area contributed by atoms with Crippen LogP contribution < -0.4 is 15.4 Å². The van der Waals surface area contributed by atoms with E-state index in [-0.39, 0.29) is 18.9 Å². The number of rotatable bonds is 13. The van der Waals surface area contributed by atoms with E-state index in [0.29, 0.717) is 29.8 Å². The summed E-state index contributed by atoms with van der Waals surface area (Å²) in [5.74, 6) is 0.636. The summed E-state index contributed by atoms with van der Waals surface area (Å²) in [5.41, 5.74) is 2.08. The van der Waals surface area contributed by atoms with Gasteiger partial charge in [0.15, 0.2) is 10.9 Å². The predicted molar refractivity (Wildman–Crippen MR) is 141 cm³/mol. The van der Waals surface area contributed by atoms with E-state index in [0.717, 1.165) is 41.2 Å². The molecular weight excluding hydrogens is 497 g/mol. The fourth-order valence-electron chi connectivity index (χ4n) is 3.89. The number of amides is 1. The number of benzene rings is 1. The normalized spacial score (nSPS) is 11.3. The van der Waals surface area contributed by atoms with Gasteiger partial charge in [-0.3, -0.25) is 4.79 Å². The molecular formula is C25H30FN7O3S. The topological polar surface area (TPSA) is 117 Å². The number of carbonyl (C=O) groups excluding carboxylic acids is 1. The average Bonchev–Trinajstić information content (AvgIpc) is 3.44. The molecule has 4 aromatic rings. The number of nitrogens with one attached hydrogen (secondary N) is 2. The van der Waals surface area contributed by atoms with Crippen LogP contribution in [0.3, 0.4) is 0 Å². The minimum absolute atomic E-state index is 0.116. The Bertz CT molecular complexity index is 1340. The number of likely N-dealkylation sites (N-methyl/N-ethyl adjacent to an activating group) is 1. The quantitative estimate of drug-likeness (QED) is 0.226. The van der Waals surface area contributed by atoms with Crippen molar-refractivity contribution >= 4 is 39.4 Å². The largest absolute Gasteiger partial charge is 0.492 e. The molecule has 0 aliphatic carbocycles. The van der Waals surface area contributed by atoms with Crippen molar-refractivity contribution in [1.29, 1.82) is 0 Å². The number of anilines is 3. The summed E-state index contributed by atoms with van der Waals surface area (Å²) >= 11 is 1.34. The number of fused-ring (bicyclic) bond motifs is 1. The number of thiazole rings is 1. The number of nitrogens with zero attached hydrogens (tertiary/aromatic N) is 5. The maximum atomic E-state index is 13.3. The first-order chi connectivity index (χ1) is 18.0. The molecule has 0 bridgehead atoms. The SMILES string of the molecule is CCN(CCO)CCCOc1cn2ncnc(Nc3ncc(CC(=O)Nc4cccc(F)c4)s3)c2c1C. The highest BCUT2D eigenvalue weighted by atomic mass is 32.1. The van der Waals surface area contributed by atoms with Gasteiger partial charge in [0.05, 0.1) is 25.8 Å². The highest BCUT2D eigenvalue weighted by molar-refractivity contribution is 7.15. The molecule has 1 aromatic carbocycles. The average molecular weight is 528 g/mol. The van der Waals surface area contributed by atoms with Crippen molar-refractivity contribution in [3.05, 3.63) is 59.2 Å². The van der Waals surface area contributed by atoms with Crippen molar-refractivity contribution in [2.24, 2.45) is 0 Å². The molecule has 0 aliphatic heterocycles. The van der Waals surface area contributed by atoms with Crippen LogP contribution in [0.15, 0.2) is 43.0 Å². The number of ether oxygens (including phenoxy) is 1. The van der Waals surface area contributed by atoms with Crippen LogP contribution in [-0.2, 0) is 11.2 Å². The molecule has 4 rings (SSSR count). The van der Waals surface area contributed by atoms with Crippen LogP contribution in [0.1, 0.15) is 23.8 Å². The molecule has 0 saturated heterocycles. The first-order valence-corrected chi connectivity index (χ1v) is 12.8. The number of aromatic nitrogens is 4. The summed E-state index contributed by atoms with van der Waals surface area (Å²) < 4.78 is 21.1. The van der Waals surface area contributed by atoms with Crippen LogP contribution >= 0.6 is 11.3 Å². The van der Waals surface area contributed by atoms with Crippen molar-refractivity contribution in [3.63, 3.8) is 0 Å². The summed E-state index contributed by atoms with van der Waals surface area (Å²) in [5, 5.41) is 19.9. The van der Waals surface area contributed by atoms with E-state index in [9.17, 15) is 9.18 Å². The van der Waals surface area contributed by atoms with Crippen molar-refractivity contribution in [1.82, 2.24) is 24.5 Å². The van der Waals surface area contributed by atoms with E-state index in [4.69, 9.17) is 9.84 Å². The second kappa shape index (κ2) is 12.6. The van der Waals surface area contributed by atoms with Gasteiger partial charge in [-0.2, -0.15) is 5.10 Å². The van der Waals surface area contributed by atoms with Crippen LogP contribution in [0.2, 0.25) is 0 Å². The summed E-state index contributed by atoms with van der Waals surface area (Å²) in [4.78, 5) is 24.0. The van der Waals surface area contributed by atoms with E-state index < -0.39 is 5.82 Å². The molecule has 1 amide bonds. The number of hydrogen-bond donors (Lipinski definition) is 3. The van der Waals surface area contributed by atoms with Crippen LogP contribution in [0.25, 0.3) is 5.52 Å². The third kappa shape index (κ3) is 7.00. The van der Waals surface area contributed by atoms with Crippen molar-refractivity contribution < 1.29 is 19.0 Å². The summed E-state index contributed by atoms with van der Waals surface area (Å²) in [7, 11) is 0. The number of aliphatic hydroxyl groups excluding tert-OH is 1. The Morgan fingerprint density at radius 1 is 1.30 bits per heavy atom. The van der Waals surface area contributed by atoms with Crippen LogP contribution in [0.4, 0.5) is 21.0 Å². The maximum absolute atomic E-state index is 13.3. The molecule has 3 heterocycles. The summed E-state index contributed by atoms with van der Waals surface area (Å²) in [6, 6.07) is 5.77. The number of hydrogen-bond acceptors (Lipinski definition) is 9. The van der Waals surface area contributed by atoms with Gasteiger partial charge >= 0.3 is 0 Å². The Morgan fingerprint density at radius 3 is 2.95 bits per heavy atom. The zero-order valence-electron chi connectivity index (χ0n) is 20.8. The van der Waals surface area contributed by atoms with E-state index in [1.165, 1.54) is 29.8 Å². The molecule has 0 aliphatic rings. The van der Waals surface area contributed by atoms with E-state index in [1.807, 2.05) is 13.1 Å². The van der Waals surface area contributed by atoms with Crippen molar-refractivity contribution in [2.45, 2.75) is 26.7 Å².